The van der Waals surface area contributed by atoms with Crippen LogP contribution >= 0.6 is 28.1 Å². The van der Waals surface area contributed by atoms with Crippen LogP contribution in [0.3, 0.4) is 0 Å². The molecule has 1 aliphatic heterocycles. The van der Waals surface area contributed by atoms with E-state index in [1.165, 1.54) is 0 Å². The van der Waals surface area contributed by atoms with Crippen molar-refractivity contribution in [1.29, 1.82) is 0 Å². The first kappa shape index (κ1) is 17.6. The Hall–Kier alpha value is -2.19. The van der Waals surface area contributed by atoms with E-state index in [2.05, 4.69) is 31.7 Å². The van der Waals surface area contributed by atoms with Crippen LogP contribution in [-0.4, -0.2) is 28.1 Å². The lowest BCUT2D eigenvalue weighted by Crippen LogP contribution is -2.46. The van der Waals surface area contributed by atoms with Gasteiger partial charge in [0.05, 0.1) is 11.6 Å². The van der Waals surface area contributed by atoms with Gasteiger partial charge < -0.3 is 20.1 Å². The van der Waals surface area contributed by atoms with E-state index in [9.17, 15) is 4.79 Å². The average molecular weight is 421 g/mol. The Morgan fingerprint density at radius 3 is 2.64 bits per heavy atom. The van der Waals surface area contributed by atoms with Crippen molar-refractivity contribution in [3.63, 3.8) is 0 Å². The third-order valence-electron chi connectivity index (χ3n) is 4.07. The van der Waals surface area contributed by atoms with Crippen LogP contribution in [0.5, 0.6) is 0 Å². The summed E-state index contributed by atoms with van der Waals surface area (Å²) >= 11 is 8.82. The van der Waals surface area contributed by atoms with E-state index in [1.54, 1.807) is 17.9 Å². The van der Waals surface area contributed by atoms with Gasteiger partial charge >= 0.3 is 0 Å². The molecule has 0 saturated heterocycles. The van der Waals surface area contributed by atoms with Gasteiger partial charge in [-0.3, -0.25) is 4.79 Å². The van der Waals surface area contributed by atoms with Crippen molar-refractivity contribution in [2.75, 3.05) is 12.4 Å². The maximum Gasteiger partial charge on any atom is 0.257 e. The van der Waals surface area contributed by atoms with Gasteiger partial charge in [-0.1, -0.05) is 33.2 Å². The number of halogens is 1. The Morgan fingerprint density at radius 1 is 1.36 bits per heavy atom. The number of thiocarbonyl (C=S) groups is 1. The first-order chi connectivity index (χ1) is 11.9. The molecule has 2 N–H and O–H groups in total. The van der Waals surface area contributed by atoms with Gasteiger partial charge in [-0.05, 0) is 43.8 Å². The molecule has 0 unspecified atom stereocenters. The van der Waals surface area contributed by atoms with E-state index in [1.807, 2.05) is 38.2 Å². The minimum absolute atomic E-state index is 0.249. The minimum atomic E-state index is -0.343. The van der Waals surface area contributed by atoms with E-state index in [0.29, 0.717) is 22.3 Å². The molecule has 0 saturated carbocycles. The molecule has 2 aromatic rings. The van der Waals surface area contributed by atoms with Crippen molar-refractivity contribution in [2.24, 2.45) is 0 Å². The highest BCUT2D eigenvalue weighted by Crippen LogP contribution is 2.31. The lowest BCUT2D eigenvalue weighted by Gasteiger charge is -2.35. The van der Waals surface area contributed by atoms with Crippen LogP contribution in [0.4, 0.5) is 5.82 Å². The summed E-state index contributed by atoms with van der Waals surface area (Å²) in [5.74, 6) is 0.763. The summed E-state index contributed by atoms with van der Waals surface area (Å²) in [6.07, 6.45) is 0. The zero-order valence-electron chi connectivity index (χ0n) is 14.0. The van der Waals surface area contributed by atoms with Crippen LogP contribution in [0.2, 0.25) is 0 Å². The van der Waals surface area contributed by atoms with Gasteiger partial charge in [-0.15, -0.1) is 0 Å². The highest BCUT2D eigenvalue weighted by atomic mass is 79.9. The summed E-state index contributed by atoms with van der Waals surface area (Å²) in [6, 6.07) is 9.11. The molecule has 8 heteroatoms. The molecule has 0 spiro atoms. The quantitative estimate of drug-likeness (QED) is 0.740. The lowest BCUT2D eigenvalue weighted by atomic mass is 9.94. The number of aryl methyl sites for hydroxylation is 1. The number of aromatic nitrogens is 1. The van der Waals surface area contributed by atoms with Gasteiger partial charge in [0.2, 0.25) is 0 Å². The lowest BCUT2D eigenvalue weighted by molar-refractivity contribution is -0.113. The molecule has 25 heavy (non-hydrogen) atoms. The highest BCUT2D eigenvalue weighted by molar-refractivity contribution is 9.10. The molecule has 2 heterocycles. The van der Waals surface area contributed by atoms with Gasteiger partial charge in [0.1, 0.15) is 5.76 Å². The summed E-state index contributed by atoms with van der Waals surface area (Å²) in [7, 11) is 1.83. The summed E-state index contributed by atoms with van der Waals surface area (Å²) in [6.45, 7) is 3.65. The number of nitrogens with zero attached hydrogens (tertiary/aromatic N) is 2. The molecule has 3 rings (SSSR count). The minimum Gasteiger partial charge on any atom is -0.360 e. The second kappa shape index (κ2) is 6.97. The van der Waals surface area contributed by atoms with Gasteiger partial charge in [-0.25, -0.2) is 0 Å². The summed E-state index contributed by atoms with van der Waals surface area (Å²) in [5.41, 5.74) is 2.31. The molecule has 1 aromatic heterocycles. The Labute approximate surface area is 159 Å². The average Bonchev–Trinajstić information content (AvgIpc) is 2.97. The second-order valence-corrected chi connectivity index (χ2v) is 7.07. The molecule has 0 radical (unpaired) electrons. The number of rotatable bonds is 3. The molecule has 1 amide bonds. The van der Waals surface area contributed by atoms with Crippen LogP contribution in [0.1, 0.15) is 24.3 Å². The maximum absolute atomic E-state index is 12.9. The van der Waals surface area contributed by atoms with Crippen molar-refractivity contribution < 1.29 is 9.32 Å². The highest BCUT2D eigenvalue weighted by Gasteiger charge is 2.32. The van der Waals surface area contributed by atoms with Crippen LogP contribution < -0.4 is 10.6 Å². The molecule has 130 valence electrons. The summed E-state index contributed by atoms with van der Waals surface area (Å²) in [5, 5.41) is 10.4. The third kappa shape index (κ3) is 3.59. The zero-order valence-corrected chi connectivity index (χ0v) is 16.4. The molecule has 1 aliphatic rings. The molecule has 0 aliphatic carbocycles. The van der Waals surface area contributed by atoms with E-state index in [0.717, 1.165) is 15.7 Å². The number of nitrogens with one attached hydrogen (secondary N) is 2. The van der Waals surface area contributed by atoms with E-state index in [4.69, 9.17) is 16.7 Å². The van der Waals surface area contributed by atoms with Gasteiger partial charge in [0.15, 0.2) is 10.9 Å². The molecule has 6 nitrogen and oxygen atoms in total. The van der Waals surface area contributed by atoms with Crippen molar-refractivity contribution in [1.82, 2.24) is 15.4 Å². The largest absolute Gasteiger partial charge is 0.360 e. The molecular formula is C17H17BrN4O2S. The van der Waals surface area contributed by atoms with Gasteiger partial charge in [0, 0.05) is 23.3 Å². The number of hydrogen-bond acceptors (Lipinski definition) is 4. The Balaban J connectivity index is 1.99. The molecular weight excluding hydrogens is 404 g/mol. The zero-order chi connectivity index (χ0) is 18.1. The van der Waals surface area contributed by atoms with Crippen LogP contribution in [0.15, 0.2) is 50.6 Å². The fourth-order valence-corrected chi connectivity index (χ4v) is 3.16. The molecule has 0 bridgehead atoms. The second-order valence-electron chi connectivity index (χ2n) is 5.77. The number of benzene rings is 1. The molecule has 0 fully saturated rings. The maximum atomic E-state index is 12.9. The number of amides is 1. The van der Waals surface area contributed by atoms with Crippen molar-refractivity contribution in [3.8, 4) is 0 Å². The van der Waals surface area contributed by atoms with Crippen molar-refractivity contribution in [3.05, 3.63) is 57.4 Å². The monoisotopic (exact) mass is 420 g/mol. The SMILES string of the molecule is CC1=C(C(=O)Nc2cc(C)on2)[C@H](c2ccc(Br)cc2)NC(=S)N1C. The summed E-state index contributed by atoms with van der Waals surface area (Å²) in [4.78, 5) is 14.7. The predicted octanol–water partition coefficient (Wildman–Crippen LogP) is 3.52. The van der Waals surface area contributed by atoms with Crippen LogP contribution in [0.25, 0.3) is 0 Å². The third-order valence-corrected chi connectivity index (χ3v) is 4.99. The first-order valence-corrected chi connectivity index (χ1v) is 8.82. The molecule has 1 atom stereocenters. The number of hydrogen-bond donors (Lipinski definition) is 2. The smallest absolute Gasteiger partial charge is 0.257 e. The van der Waals surface area contributed by atoms with Crippen LogP contribution in [0, 0.1) is 6.92 Å². The fourth-order valence-electron chi connectivity index (χ4n) is 2.64. The number of carbonyl (C=O) groups is 1. The number of carbonyl (C=O) groups excluding carboxylic acids is 1. The number of allylic oxidation sites excluding steroid dienone is 1. The fraction of sp³-hybridized carbons (Fsp3) is 0.235. The van der Waals surface area contributed by atoms with Crippen molar-refractivity contribution >= 4 is 45.0 Å². The Morgan fingerprint density at radius 2 is 2.04 bits per heavy atom. The summed E-state index contributed by atoms with van der Waals surface area (Å²) < 4.78 is 5.98. The van der Waals surface area contributed by atoms with Crippen molar-refractivity contribution in [2.45, 2.75) is 19.9 Å². The van der Waals surface area contributed by atoms with Gasteiger partial charge in [0.25, 0.3) is 5.91 Å². The topological polar surface area (TPSA) is 70.4 Å². The first-order valence-electron chi connectivity index (χ1n) is 7.62. The van der Waals surface area contributed by atoms with Gasteiger partial charge in [-0.2, -0.15) is 0 Å². The standard InChI is InChI=1S/C17H17BrN4O2S/c1-9-8-13(21-24-9)19-16(23)14-10(2)22(3)17(25)20-15(14)11-4-6-12(18)7-5-11/h4-8,15H,1-3H3,(H,20,25)(H,19,21,23)/t15-/m0/s1. The van der Waals surface area contributed by atoms with E-state index >= 15 is 0 Å². The Kier molecular flexibility index (Phi) is 4.91. The normalized spacial score (nSPS) is 17.5. The van der Waals surface area contributed by atoms with Crippen LogP contribution in [-0.2, 0) is 4.79 Å². The Bertz CT molecular complexity index is 860. The van der Waals surface area contributed by atoms with E-state index in [-0.39, 0.29) is 11.9 Å². The number of anilines is 1. The molecule has 1 aromatic carbocycles. The van der Waals surface area contributed by atoms with E-state index < -0.39 is 0 Å². The predicted molar refractivity (Wildman–Crippen MR) is 103 cm³/mol.